The highest BCUT2D eigenvalue weighted by molar-refractivity contribution is 5.66. The van der Waals surface area contributed by atoms with E-state index in [1.807, 2.05) is 6.08 Å². The van der Waals surface area contributed by atoms with E-state index < -0.39 is 0 Å². The lowest BCUT2D eigenvalue weighted by atomic mass is 10.1. The molecule has 1 aliphatic rings. The molecule has 1 unspecified atom stereocenters. The Kier molecular flexibility index (Phi) is 9.02. The fourth-order valence-electron chi connectivity index (χ4n) is 2.08. The molecule has 1 fully saturated rings. The number of hydrogen-bond donors (Lipinski definition) is 0. The number of carbonyl (C=O) groups is 1. The maximum absolute atomic E-state index is 10.6. The third-order valence-corrected chi connectivity index (χ3v) is 3.38. The van der Waals surface area contributed by atoms with Crippen LogP contribution in [0.4, 0.5) is 0 Å². The zero-order valence-electron chi connectivity index (χ0n) is 13.5. The van der Waals surface area contributed by atoms with Crippen LogP contribution in [0.1, 0.15) is 52.9 Å². The Bertz CT molecular complexity index is 365. The van der Waals surface area contributed by atoms with E-state index in [1.165, 1.54) is 24.5 Å². The van der Waals surface area contributed by atoms with Crippen LogP contribution in [0.15, 0.2) is 23.3 Å². The van der Waals surface area contributed by atoms with E-state index in [2.05, 4.69) is 19.9 Å². The Morgan fingerprint density at radius 1 is 1.19 bits per heavy atom. The van der Waals surface area contributed by atoms with Crippen LogP contribution in [-0.4, -0.2) is 32.1 Å². The van der Waals surface area contributed by atoms with Crippen molar-refractivity contribution in [2.24, 2.45) is 0 Å². The highest BCUT2D eigenvalue weighted by atomic mass is 16.7. The van der Waals surface area contributed by atoms with Crippen LogP contribution in [0, 0.1) is 0 Å². The van der Waals surface area contributed by atoms with E-state index in [1.54, 1.807) is 0 Å². The van der Waals surface area contributed by atoms with Crippen molar-refractivity contribution in [2.45, 2.75) is 59.2 Å². The van der Waals surface area contributed by atoms with E-state index in [9.17, 15) is 4.79 Å². The van der Waals surface area contributed by atoms with Crippen molar-refractivity contribution in [1.82, 2.24) is 0 Å². The normalized spacial score (nSPS) is 20.4. The summed E-state index contributed by atoms with van der Waals surface area (Å²) in [5.41, 5.74) is 2.47. The first-order chi connectivity index (χ1) is 10.1. The van der Waals surface area contributed by atoms with Gasteiger partial charge in [-0.2, -0.15) is 0 Å². The van der Waals surface area contributed by atoms with E-state index in [0.29, 0.717) is 13.2 Å². The predicted molar refractivity (Wildman–Crippen MR) is 82.9 cm³/mol. The summed E-state index contributed by atoms with van der Waals surface area (Å²) in [6.45, 7) is 7.39. The van der Waals surface area contributed by atoms with Crippen molar-refractivity contribution in [3.63, 3.8) is 0 Å². The molecular weight excluding hydrogens is 268 g/mol. The molecule has 1 saturated heterocycles. The van der Waals surface area contributed by atoms with Crippen LogP contribution in [0.25, 0.3) is 0 Å². The second-order valence-electron chi connectivity index (χ2n) is 5.55. The molecule has 4 heteroatoms. The molecule has 1 heterocycles. The van der Waals surface area contributed by atoms with Gasteiger partial charge in [0, 0.05) is 13.5 Å². The molecule has 0 N–H and O–H groups in total. The van der Waals surface area contributed by atoms with Gasteiger partial charge in [-0.25, -0.2) is 0 Å². The first-order valence-corrected chi connectivity index (χ1v) is 7.75. The van der Waals surface area contributed by atoms with Crippen molar-refractivity contribution >= 4 is 5.97 Å². The van der Waals surface area contributed by atoms with E-state index in [0.717, 1.165) is 32.3 Å². The lowest BCUT2D eigenvalue weighted by Gasteiger charge is -2.22. The molecule has 0 radical (unpaired) electrons. The van der Waals surface area contributed by atoms with Crippen LogP contribution >= 0.6 is 0 Å². The molecule has 0 spiro atoms. The third-order valence-electron chi connectivity index (χ3n) is 3.38. The number of ether oxygens (including phenoxy) is 3. The van der Waals surface area contributed by atoms with Gasteiger partial charge in [-0.05, 0) is 52.0 Å². The Balaban J connectivity index is 2.14. The molecule has 0 aliphatic carbocycles. The number of rotatable bonds is 8. The summed E-state index contributed by atoms with van der Waals surface area (Å²) in [5.74, 6) is -0.239. The van der Waals surface area contributed by atoms with Gasteiger partial charge in [0.15, 0.2) is 6.29 Å². The van der Waals surface area contributed by atoms with E-state index >= 15 is 0 Å². The third kappa shape index (κ3) is 9.43. The quantitative estimate of drug-likeness (QED) is 0.505. The summed E-state index contributed by atoms with van der Waals surface area (Å²) >= 11 is 0. The first-order valence-electron chi connectivity index (χ1n) is 7.75. The van der Waals surface area contributed by atoms with Crippen molar-refractivity contribution in [1.29, 1.82) is 0 Å². The number of carbonyl (C=O) groups excluding carboxylic acids is 1. The summed E-state index contributed by atoms with van der Waals surface area (Å²) in [6.07, 6.45) is 9.43. The molecule has 0 bridgehead atoms. The summed E-state index contributed by atoms with van der Waals surface area (Å²) in [6, 6.07) is 0. The minimum atomic E-state index is -0.239. The van der Waals surface area contributed by atoms with Crippen LogP contribution in [0.5, 0.6) is 0 Å². The molecule has 0 amide bonds. The molecule has 4 nitrogen and oxygen atoms in total. The van der Waals surface area contributed by atoms with Gasteiger partial charge in [-0.1, -0.05) is 17.2 Å². The maximum Gasteiger partial charge on any atom is 0.302 e. The molecule has 1 atom stereocenters. The van der Waals surface area contributed by atoms with Gasteiger partial charge in [0.25, 0.3) is 0 Å². The molecule has 1 aliphatic heterocycles. The average molecular weight is 296 g/mol. The minimum absolute atomic E-state index is 0.0209. The summed E-state index contributed by atoms with van der Waals surface area (Å²) in [5, 5.41) is 0. The van der Waals surface area contributed by atoms with Gasteiger partial charge in [0.05, 0.1) is 6.61 Å². The SMILES string of the molecule is CC(=O)OC/C=C(\C)CC/C=C(\C)COC1CCCCO1. The number of esters is 1. The first kappa shape index (κ1) is 17.9. The zero-order valence-corrected chi connectivity index (χ0v) is 13.5. The van der Waals surface area contributed by atoms with Crippen LogP contribution < -0.4 is 0 Å². The average Bonchev–Trinajstić information content (AvgIpc) is 2.46. The summed E-state index contributed by atoms with van der Waals surface area (Å²) in [7, 11) is 0. The molecule has 0 aromatic rings. The van der Waals surface area contributed by atoms with Crippen molar-refractivity contribution in [3.8, 4) is 0 Å². The Morgan fingerprint density at radius 2 is 2.00 bits per heavy atom. The Hall–Kier alpha value is -1.13. The van der Waals surface area contributed by atoms with Gasteiger partial charge >= 0.3 is 5.97 Å². The topological polar surface area (TPSA) is 44.8 Å². The summed E-state index contributed by atoms with van der Waals surface area (Å²) in [4.78, 5) is 10.6. The highest BCUT2D eigenvalue weighted by Gasteiger charge is 2.13. The van der Waals surface area contributed by atoms with Crippen molar-refractivity contribution < 1.29 is 19.0 Å². The molecule has 0 aromatic carbocycles. The molecule has 0 saturated carbocycles. The van der Waals surface area contributed by atoms with Gasteiger partial charge in [0.1, 0.15) is 6.61 Å². The molecule has 0 aromatic heterocycles. The van der Waals surface area contributed by atoms with Gasteiger partial charge in [0.2, 0.25) is 0 Å². The van der Waals surface area contributed by atoms with E-state index in [4.69, 9.17) is 14.2 Å². The second kappa shape index (κ2) is 10.6. The second-order valence-corrected chi connectivity index (χ2v) is 5.55. The van der Waals surface area contributed by atoms with Crippen LogP contribution in [0.2, 0.25) is 0 Å². The molecule has 120 valence electrons. The van der Waals surface area contributed by atoms with Gasteiger partial charge in [-0.15, -0.1) is 0 Å². The van der Waals surface area contributed by atoms with Gasteiger partial charge < -0.3 is 14.2 Å². The predicted octanol–water partition coefficient (Wildman–Crippen LogP) is 3.77. The standard InChI is InChI=1S/C17H28O4/c1-14(10-12-19-16(3)18)7-6-8-15(2)13-21-17-9-4-5-11-20-17/h8,10,17H,4-7,9,11-13H2,1-3H3/b14-10+,15-8+. The lowest BCUT2D eigenvalue weighted by molar-refractivity contribution is -0.156. The van der Waals surface area contributed by atoms with E-state index in [-0.39, 0.29) is 12.3 Å². The van der Waals surface area contributed by atoms with Crippen LogP contribution in [0.3, 0.4) is 0 Å². The summed E-state index contributed by atoms with van der Waals surface area (Å²) < 4.78 is 16.1. The minimum Gasteiger partial charge on any atom is -0.462 e. The largest absolute Gasteiger partial charge is 0.462 e. The Morgan fingerprint density at radius 3 is 2.67 bits per heavy atom. The van der Waals surface area contributed by atoms with Crippen molar-refractivity contribution in [2.75, 3.05) is 19.8 Å². The van der Waals surface area contributed by atoms with Crippen molar-refractivity contribution in [3.05, 3.63) is 23.3 Å². The lowest BCUT2D eigenvalue weighted by Crippen LogP contribution is -2.22. The highest BCUT2D eigenvalue weighted by Crippen LogP contribution is 2.15. The van der Waals surface area contributed by atoms with Crippen LogP contribution in [-0.2, 0) is 19.0 Å². The maximum atomic E-state index is 10.6. The Labute approximate surface area is 128 Å². The number of allylic oxidation sites excluding steroid dienone is 2. The zero-order chi connectivity index (χ0) is 15.5. The molecular formula is C17H28O4. The molecule has 1 rings (SSSR count). The molecule has 21 heavy (non-hydrogen) atoms. The number of hydrogen-bond acceptors (Lipinski definition) is 4. The smallest absolute Gasteiger partial charge is 0.302 e. The fraction of sp³-hybridized carbons (Fsp3) is 0.706. The fourth-order valence-corrected chi connectivity index (χ4v) is 2.08. The van der Waals surface area contributed by atoms with Gasteiger partial charge in [-0.3, -0.25) is 4.79 Å². The monoisotopic (exact) mass is 296 g/mol.